The molecule has 0 fully saturated rings. The van der Waals surface area contributed by atoms with Crippen LogP contribution in [-0.4, -0.2) is 22.2 Å². The lowest BCUT2D eigenvalue weighted by Gasteiger charge is -1.95. The molecule has 5 nitrogen and oxygen atoms in total. The number of nitrogens with one attached hydrogen (secondary N) is 1. The molecule has 2 aromatic heterocycles. The van der Waals surface area contributed by atoms with Crippen molar-refractivity contribution in [2.24, 2.45) is 0 Å². The van der Waals surface area contributed by atoms with E-state index in [0.717, 1.165) is 0 Å². The maximum atomic E-state index is 12.0. The molecule has 0 aromatic carbocycles. The molecular formula is C11H10N2O3. The summed E-state index contributed by atoms with van der Waals surface area (Å²) in [6, 6.07) is 1.50. The molecule has 1 N–H and O–H groups in total. The summed E-state index contributed by atoms with van der Waals surface area (Å²) in [5.74, 6) is 0.289. The maximum absolute atomic E-state index is 12.0. The zero-order valence-corrected chi connectivity index (χ0v) is 8.90. The molecule has 0 atom stereocenters. The highest BCUT2D eigenvalue weighted by atomic mass is 16.5. The van der Waals surface area contributed by atoms with E-state index in [-0.39, 0.29) is 5.78 Å². The lowest BCUT2D eigenvalue weighted by molar-refractivity contribution is 0.103. The molecule has 0 bridgehead atoms. The van der Waals surface area contributed by atoms with Crippen LogP contribution in [0.1, 0.15) is 37.9 Å². The van der Waals surface area contributed by atoms with Crippen LogP contribution in [0, 0.1) is 13.8 Å². The molecule has 0 aliphatic heterocycles. The molecule has 2 rings (SSSR count). The van der Waals surface area contributed by atoms with Crippen molar-refractivity contribution in [1.82, 2.24) is 10.1 Å². The van der Waals surface area contributed by atoms with Crippen LogP contribution in [0.4, 0.5) is 0 Å². The number of H-pyrrole nitrogens is 1. The smallest absolute Gasteiger partial charge is 0.200 e. The minimum absolute atomic E-state index is 0.194. The number of aromatic amines is 1. The third-order valence-electron chi connectivity index (χ3n) is 2.35. The molecule has 2 heterocycles. The molecule has 0 aliphatic carbocycles. The maximum Gasteiger partial charge on any atom is 0.200 e. The van der Waals surface area contributed by atoms with E-state index >= 15 is 0 Å². The topological polar surface area (TPSA) is 76.0 Å². The predicted octanol–water partition coefficient (Wildman–Crippen LogP) is 1.66. The fourth-order valence-electron chi connectivity index (χ4n) is 1.56. The zero-order chi connectivity index (χ0) is 11.7. The normalized spacial score (nSPS) is 10.4. The number of aryl methyl sites for hydroxylation is 2. The van der Waals surface area contributed by atoms with E-state index in [2.05, 4.69) is 10.1 Å². The molecular weight excluding hydrogens is 208 g/mol. The largest absolute Gasteiger partial charge is 0.361 e. The van der Waals surface area contributed by atoms with Gasteiger partial charge in [-0.25, -0.2) is 0 Å². The van der Waals surface area contributed by atoms with Crippen molar-refractivity contribution >= 4 is 12.1 Å². The minimum atomic E-state index is -0.194. The molecule has 2 aromatic rings. The Hall–Kier alpha value is -2.17. The minimum Gasteiger partial charge on any atom is -0.361 e. The Morgan fingerprint density at radius 2 is 2.25 bits per heavy atom. The lowest BCUT2D eigenvalue weighted by Crippen LogP contribution is -2.02. The molecule has 16 heavy (non-hydrogen) atoms. The summed E-state index contributed by atoms with van der Waals surface area (Å²) in [7, 11) is 0. The number of carbonyl (C=O) groups is 2. The van der Waals surface area contributed by atoms with Gasteiger partial charge < -0.3 is 9.51 Å². The first kappa shape index (κ1) is 10.4. The van der Waals surface area contributed by atoms with Crippen molar-refractivity contribution in [3.05, 3.63) is 40.5 Å². The first-order valence-electron chi connectivity index (χ1n) is 4.74. The van der Waals surface area contributed by atoms with Gasteiger partial charge in [-0.3, -0.25) is 9.59 Å². The lowest BCUT2D eigenvalue weighted by atomic mass is 10.0. The van der Waals surface area contributed by atoms with E-state index in [1.807, 2.05) is 0 Å². The summed E-state index contributed by atoms with van der Waals surface area (Å²) in [6.45, 7) is 3.39. The molecule has 0 radical (unpaired) electrons. The Morgan fingerprint density at radius 3 is 2.75 bits per heavy atom. The van der Waals surface area contributed by atoms with Crippen LogP contribution in [0.25, 0.3) is 0 Å². The van der Waals surface area contributed by atoms with Gasteiger partial charge in [0.15, 0.2) is 12.1 Å². The van der Waals surface area contributed by atoms with Crippen LogP contribution in [-0.2, 0) is 0 Å². The number of nitrogens with zero attached hydrogens (tertiary/aromatic N) is 1. The van der Waals surface area contributed by atoms with Crippen molar-refractivity contribution in [1.29, 1.82) is 0 Å². The Labute approximate surface area is 91.4 Å². The first-order chi connectivity index (χ1) is 7.63. The Balaban J connectivity index is 2.42. The first-order valence-corrected chi connectivity index (χ1v) is 4.74. The third-order valence-corrected chi connectivity index (χ3v) is 2.35. The number of rotatable bonds is 3. The molecule has 5 heteroatoms. The summed E-state index contributed by atoms with van der Waals surface area (Å²) in [4.78, 5) is 25.2. The Bertz CT molecular complexity index is 532. The van der Waals surface area contributed by atoms with Crippen LogP contribution in [0.5, 0.6) is 0 Å². The summed E-state index contributed by atoms with van der Waals surface area (Å²) >= 11 is 0. The fourth-order valence-corrected chi connectivity index (χ4v) is 1.56. The highest BCUT2D eigenvalue weighted by molar-refractivity contribution is 6.10. The summed E-state index contributed by atoms with van der Waals surface area (Å²) in [5.41, 5.74) is 1.81. The van der Waals surface area contributed by atoms with Crippen molar-refractivity contribution in [2.45, 2.75) is 13.8 Å². The van der Waals surface area contributed by atoms with Crippen LogP contribution in [0.2, 0.25) is 0 Å². The average Bonchev–Trinajstić information content (AvgIpc) is 2.85. The van der Waals surface area contributed by atoms with E-state index in [0.29, 0.717) is 34.6 Å². The SMILES string of the molecule is Cc1noc(C)c1C(=O)c1c[nH]c(C=O)c1. The van der Waals surface area contributed by atoms with Crippen LogP contribution in [0.3, 0.4) is 0 Å². The van der Waals surface area contributed by atoms with Crippen molar-refractivity contribution in [3.8, 4) is 0 Å². The van der Waals surface area contributed by atoms with E-state index < -0.39 is 0 Å². The van der Waals surface area contributed by atoms with Crippen molar-refractivity contribution in [3.63, 3.8) is 0 Å². The van der Waals surface area contributed by atoms with Gasteiger partial charge >= 0.3 is 0 Å². The molecule has 82 valence electrons. The van der Waals surface area contributed by atoms with Gasteiger partial charge in [0.1, 0.15) is 5.76 Å². The van der Waals surface area contributed by atoms with Crippen molar-refractivity contribution < 1.29 is 14.1 Å². The van der Waals surface area contributed by atoms with Gasteiger partial charge in [0.05, 0.1) is 17.0 Å². The van der Waals surface area contributed by atoms with Gasteiger partial charge in [0, 0.05) is 11.8 Å². The number of hydrogen-bond donors (Lipinski definition) is 1. The number of aldehydes is 1. The molecule has 0 amide bonds. The molecule has 0 aliphatic rings. The highest BCUT2D eigenvalue weighted by Gasteiger charge is 2.19. The van der Waals surface area contributed by atoms with Gasteiger partial charge in [-0.2, -0.15) is 0 Å². The number of ketones is 1. The van der Waals surface area contributed by atoms with Gasteiger partial charge in [0.25, 0.3) is 0 Å². The summed E-state index contributed by atoms with van der Waals surface area (Å²) in [6.07, 6.45) is 2.15. The van der Waals surface area contributed by atoms with E-state index in [1.54, 1.807) is 13.8 Å². The van der Waals surface area contributed by atoms with Crippen LogP contribution >= 0.6 is 0 Å². The van der Waals surface area contributed by atoms with Crippen LogP contribution < -0.4 is 0 Å². The average molecular weight is 218 g/mol. The second-order valence-corrected chi connectivity index (χ2v) is 3.49. The van der Waals surface area contributed by atoms with Gasteiger partial charge in [-0.1, -0.05) is 5.16 Å². The zero-order valence-electron chi connectivity index (χ0n) is 8.90. The highest BCUT2D eigenvalue weighted by Crippen LogP contribution is 2.17. The molecule has 0 unspecified atom stereocenters. The Kier molecular flexibility index (Phi) is 2.44. The standard InChI is InChI=1S/C11H10N2O3/c1-6-10(7(2)16-13-6)11(15)8-3-9(5-14)12-4-8/h3-5,12H,1-2H3. The number of aromatic nitrogens is 2. The van der Waals surface area contributed by atoms with Crippen LogP contribution in [0.15, 0.2) is 16.8 Å². The third kappa shape index (κ3) is 1.56. The summed E-state index contributed by atoms with van der Waals surface area (Å²) < 4.78 is 4.92. The summed E-state index contributed by atoms with van der Waals surface area (Å²) in [5, 5.41) is 3.71. The second kappa shape index (κ2) is 3.77. The van der Waals surface area contributed by atoms with Gasteiger partial charge in [-0.15, -0.1) is 0 Å². The number of carbonyl (C=O) groups excluding carboxylic acids is 2. The molecule has 0 saturated heterocycles. The molecule has 0 spiro atoms. The number of hydrogen-bond acceptors (Lipinski definition) is 4. The van der Waals surface area contributed by atoms with Crippen molar-refractivity contribution in [2.75, 3.05) is 0 Å². The van der Waals surface area contributed by atoms with Gasteiger partial charge in [-0.05, 0) is 19.9 Å². The second-order valence-electron chi connectivity index (χ2n) is 3.49. The quantitative estimate of drug-likeness (QED) is 0.628. The predicted molar refractivity (Wildman–Crippen MR) is 55.6 cm³/mol. The monoisotopic (exact) mass is 218 g/mol. The van der Waals surface area contributed by atoms with E-state index in [1.165, 1.54) is 12.3 Å². The van der Waals surface area contributed by atoms with Gasteiger partial charge in [0.2, 0.25) is 0 Å². The molecule has 0 saturated carbocycles. The Morgan fingerprint density at radius 1 is 1.50 bits per heavy atom. The fraction of sp³-hybridized carbons (Fsp3) is 0.182. The van der Waals surface area contributed by atoms with E-state index in [9.17, 15) is 9.59 Å². The van der Waals surface area contributed by atoms with E-state index in [4.69, 9.17) is 4.52 Å².